The number of benzene rings is 1. The van der Waals surface area contributed by atoms with Crippen molar-refractivity contribution in [3.63, 3.8) is 0 Å². The minimum absolute atomic E-state index is 0.230. The number of aryl methyl sites for hydroxylation is 2. The molecule has 2 N–H and O–H groups in total. The number of aromatic nitrogens is 2. The average Bonchev–Trinajstić information content (AvgIpc) is 3.43. The molecule has 2 saturated heterocycles. The molecule has 3 fully saturated rings. The highest BCUT2D eigenvalue weighted by atomic mass is 32.2. The fourth-order valence-corrected chi connectivity index (χ4v) is 6.79. The van der Waals surface area contributed by atoms with Gasteiger partial charge in [0.25, 0.3) is 5.91 Å². The number of nitrogens with zero attached hydrogens (tertiary/aromatic N) is 3. The maximum absolute atomic E-state index is 13.4. The maximum Gasteiger partial charge on any atom is 0.257 e. The molecule has 1 aliphatic carbocycles. The highest BCUT2D eigenvalue weighted by Crippen LogP contribution is 2.42. The van der Waals surface area contributed by atoms with Crippen LogP contribution >= 0.6 is 0 Å². The zero-order valence-electron chi connectivity index (χ0n) is 22.7. The second kappa shape index (κ2) is 9.92. The van der Waals surface area contributed by atoms with Gasteiger partial charge in [0.05, 0.1) is 18.3 Å². The molecule has 6 rings (SSSR count). The van der Waals surface area contributed by atoms with Crippen molar-refractivity contribution in [2.45, 2.75) is 58.0 Å². The molecular weight excluding hydrogens is 518 g/mol. The first-order valence-corrected chi connectivity index (χ1v) is 16.0. The Morgan fingerprint density at radius 3 is 2.74 bits per heavy atom. The van der Waals surface area contributed by atoms with E-state index in [2.05, 4.69) is 40.7 Å². The van der Waals surface area contributed by atoms with E-state index in [1.165, 1.54) is 24.1 Å². The van der Waals surface area contributed by atoms with Crippen molar-refractivity contribution in [1.82, 2.24) is 15.1 Å². The third kappa shape index (κ3) is 5.43. The zero-order valence-corrected chi connectivity index (χ0v) is 23.5. The van der Waals surface area contributed by atoms with Gasteiger partial charge in [0.2, 0.25) is 5.91 Å². The van der Waals surface area contributed by atoms with E-state index in [9.17, 15) is 18.0 Å². The molecular formula is C28H37N5O5S. The summed E-state index contributed by atoms with van der Waals surface area (Å²) in [7, 11) is -3.51. The molecule has 3 aliphatic heterocycles. The number of sulfone groups is 1. The number of carbonyl (C=O) groups excluding carboxylic acids is 2. The van der Waals surface area contributed by atoms with Gasteiger partial charge >= 0.3 is 0 Å². The van der Waals surface area contributed by atoms with E-state index >= 15 is 0 Å². The fourth-order valence-electron chi connectivity index (χ4n) is 6.24. The normalized spacial score (nSPS) is 21.9. The summed E-state index contributed by atoms with van der Waals surface area (Å²) in [6.07, 6.45) is 6.76. The van der Waals surface area contributed by atoms with E-state index in [1.54, 1.807) is 4.68 Å². The van der Waals surface area contributed by atoms with Crippen LogP contribution in [0.3, 0.4) is 0 Å². The van der Waals surface area contributed by atoms with Crippen LogP contribution in [-0.4, -0.2) is 68.3 Å². The first-order chi connectivity index (χ1) is 18.6. The Morgan fingerprint density at radius 2 is 2.08 bits per heavy atom. The molecule has 1 aromatic heterocycles. The highest BCUT2D eigenvalue weighted by molar-refractivity contribution is 7.91. The van der Waals surface area contributed by atoms with E-state index in [0.717, 1.165) is 57.4 Å². The first kappa shape index (κ1) is 26.3. The molecule has 39 heavy (non-hydrogen) atoms. The third-order valence-corrected chi connectivity index (χ3v) is 9.32. The van der Waals surface area contributed by atoms with Crippen molar-refractivity contribution < 1.29 is 22.7 Å². The Hall–Kier alpha value is -2.92. The standard InChI is InChI=1S/C28H37N5O5S/c1-3-19-12-20(32-15-28(16-32)9-11-38-17-28)6-7-21(19)22-13-23-25(27(35)29-22)26(30-24(34)14-39(2,36)37)33(31-23)10-8-18-4-5-18/h6-7,12,18,22H,3-5,8-11,13-17H2,1-2H3,(H,29,35)(H,30,34)/t22-/m1/s1. The SMILES string of the molecule is CCc1cc(N2CC3(CCOC3)C2)ccc1[C@H]1Cc2nn(CCC3CC3)c(NC(=O)CS(C)(=O)=O)c2C(=O)N1. The van der Waals surface area contributed by atoms with E-state index < -0.39 is 21.5 Å². The molecule has 1 spiro atoms. The van der Waals surface area contributed by atoms with Gasteiger partial charge in [-0.2, -0.15) is 5.10 Å². The van der Waals surface area contributed by atoms with Gasteiger partial charge in [-0.25, -0.2) is 13.1 Å². The van der Waals surface area contributed by atoms with Crippen molar-refractivity contribution in [3.05, 3.63) is 40.6 Å². The van der Waals surface area contributed by atoms with Crippen LogP contribution in [0, 0.1) is 11.3 Å². The minimum atomic E-state index is -3.51. The Kier molecular flexibility index (Phi) is 6.69. The monoisotopic (exact) mass is 555 g/mol. The lowest BCUT2D eigenvalue weighted by Crippen LogP contribution is -2.57. The topological polar surface area (TPSA) is 123 Å². The predicted octanol–water partition coefficient (Wildman–Crippen LogP) is 2.48. The van der Waals surface area contributed by atoms with Crippen LogP contribution in [0.5, 0.6) is 0 Å². The van der Waals surface area contributed by atoms with Crippen LogP contribution in [0.25, 0.3) is 0 Å². The molecule has 0 radical (unpaired) electrons. The van der Waals surface area contributed by atoms with Crippen molar-refractivity contribution in [3.8, 4) is 0 Å². The Morgan fingerprint density at radius 1 is 1.28 bits per heavy atom. The smallest absolute Gasteiger partial charge is 0.257 e. The first-order valence-electron chi connectivity index (χ1n) is 14.0. The van der Waals surface area contributed by atoms with Crippen LogP contribution in [-0.2, 0) is 38.8 Å². The quantitative estimate of drug-likeness (QED) is 0.487. The van der Waals surface area contributed by atoms with Gasteiger partial charge in [-0.1, -0.05) is 25.8 Å². The molecule has 1 aromatic carbocycles. The number of fused-ring (bicyclic) bond motifs is 1. The minimum Gasteiger partial charge on any atom is -0.381 e. The number of anilines is 2. The Labute approximate surface area is 229 Å². The van der Waals surface area contributed by atoms with Crippen molar-refractivity contribution in [1.29, 1.82) is 0 Å². The van der Waals surface area contributed by atoms with Crippen LogP contribution < -0.4 is 15.5 Å². The van der Waals surface area contributed by atoms with E-state index in [-0.39, 0.29) is 11.9 Å². The lowest BCUT2D eigenvalue weighted by atomic mass is 9.78. The van der Waals surface area contributed by atoms with Gasteiger partial charge in [0.1, 0.15) is 17.1 Å². The number of carbonyl (C=O) groups is 2. The second-order valence-corrected chi connectivity index (χ2v) is 14.0. The van der Waals surface area contributed by atoms with Gasteiger partial charge in [-0.05, 0) is 48.4 Å². The van der Waals surface area contributed by atoms with Crippen molar-refractivity contribution in [2.75, 3.05) is 48.5 Å². The number of rotatable bonds is 9. The average molecular weight is 556 g/mol. The summed E-state index contributed by atoms with van der Waals surface area (Å²) in [6, 6.07) is 6.28. The number of hydrogen-bond acceptors (Lipinski definition) is 7. The summed E-state index contributed by atoms with van der Waals surface area (Å²) in [5, 5.41) is 10.6. The van der Waals surface area contributed by atoms with E-state index in [1.807, 2.05) is 0 Å². The molecule has 210 valence electrons. The lowest BCUT2D eigenvalue weighted by Gasteiger charge is -2.48. The maximum atomic E-state index is 13.4. The highest BCUT2D eigenvalue weighted by Gasteiger charge is 2.46. The summed E-state index contributed by atoms with van der Waals surface area (Å²) in [6.45, 7) is 6.44. The van der Waals surface area contributed by atoms with Gasteiger partial charge in [0, 0.05) is 50.0 Å². The summed E-state index contributed by atoms with van der Waals surface area (Å²) >= 11 is 0. The van der Waals surface area contributed by atoms with Gasteiger partial charge in [0.15, 0.2) is 9.84 Å². The molecule has 1 atom stereocenters. The summed E-state index contributed by atoms with van der Waals surface area (Å²) < 4.78 is 30.7. The molecule has 2 aromatic rings. The molecule has 2 amide bonds. The van der Waals surface area contributed by atoms with Gasteiger partial charge < -0.3 is 20.3 Å². The Balaban J connectivity index is 1.24. The summed E-state index contributed by atoms with van der Waals surface area (Å²) in [4.78, 5) is 28.4. The van der Waals surface area contributed by atoms with Crippen molar-refractivity contribution in [2.24, 2.45) is 11.3 Å². The number of amides is 2. The van der Waals surface area contributed by atoms with E-state index in [4.69, 9.17) is 9.84 Å². The van der Waals surface area contributed by atoms with Crippen LogP contribution in [0.1, 0.15) is 65.8 Å². The lowest BCUT2D eigenvalue weighted by molar-refractivity contribution is -0.113. The molecule has 4 heterocycles. The second-order valence-electron chi connectivity index (χ2n) is 11.9. The Bertz CT molecular complexity index is 1400. The zero-order chi connectivity index (χ0) is 27.4. The number of hydrogen-bond donors (Lipinski definition) is 2. The molecule has 0 bridgehead atoms. The van der Waals surface area contributed by atoms with Gasteiger partial charge in [-0.3, -0.25) is 9.59 Å². The van der Waals surface area contributed by atoms with Gasteiger partial charge in [-0.15, -0.1) is 0 Å². The van der Waals surface area contributed by atoms with E-state index in [0.29, 0.717) is 41.4 Å². The summed E-state index contributed by atoms with van der Waals surface area (Å²) in [5.41, 5.74) is 4.76. The summed E-state index contributed by atoms with van der Waals surface area (Å²) in [5.74, 6) is -0.671. The fraction of sp³-hybridized carbons (Fsp3) is 0.607. The number of ether oxygens (including phenoxy) is 1. The number of nitrogens with one attached hydrogen (secondary N) is 2. The van der Waals surface area contributed by atoms with Crippen molar-refractivity contribution >= 4 is 33.2 Å². The molecule has 4 aliphatic rings. The molecule has 11 heteroatoms. The molecule has 1 saturated carbocycles. The molecule has 10 nitrogen and oxygen atoms in total. The van der Waals surface area contributed by atoms with Crippen LogP contribution in [0.15, 0.2) is 18.2 Å². The third-order valence-electron chi connectivity index (χ3n) is 8.54. The van der Waals surface area contributed by atoms with Crippen LogP contribution in [0.2, 0.25) is 0 Å². The molecule has 0 unspecified atom stereocenters. The largest absolute Gasteiger partial charge is 0.381 e. The van der Waals surface area contributed by atoms with Crippen LogP contribution in [0.4, 0.5) is 11.5 Å². The predicted molar refractivity (Wildman–Crippen MR) is 148 cm³/mol.